The fourth-order valence-electron chi connectivity index (χ4n) is 2.98. The van der Waals surface area contributed by atoms with Gasteiger partial charge >= 0.3 is 0 Å². The van der Waals surface area contributed by atoms with Crippen LogP contribution in [0.2, 0.25) is 5.02 Å². The molecule has 1 aliphatic rings. The van der Waals surface area contributed by atoms with Crippen LogP contribution < -0.4 is 10.2 Å². The number of rotatable bonds is 4. The van der Waals surface area contributed by atoms with Crippen molar-refractivity contribution in [2.45, 2.75) is 0 Å². The zero-order valence-electron chi connectivity index (χ0n) is 14.8. The lowest BCUT2D eigenvalue weighted by Crippen LogP contribution is -2.22. The fourth-order valence-corrected chi connectivity index (χ4v) is 3.16. The molecule has 8 heteroatoms. The molecule has 0 spiro atoms. The van der Waals surface area contributed by atoms with Crippen molar-refractivity contribution in [2.24, 2.45) is 11.0 Å². The number of methoxy groups -OCH3 is 1. The Morgan fingerprint density at radius 1 is 1.25 bits per heavy atom. The Balaban J connectivity index is 1.87. The van der Waals surface area contributed by atoms with Crippen molar-refractivity contribution >= 4 is 23.2 Å². The van der Waals surface area contributed by atoms with E-state index in [0.717, 1.165) is 11.3 Å². The first-order chi connectivity index (χ1) is 13.6. The van der Waals surface area contributed by atoms with Crippen LogP contribution in [0.25, 0.3) is 16.9 Å². The minimum Gasteiger partial charge on any atom is -0.497 e. The largest absolute Gasteiger partial charge is 0.497 e. The SMILES string of the molecule is COc1ccc(-c2nn(-c3cccc(Cl)c3)cc2C2=NNC(=O)C2C#N)cc1. The first kappa shape index (κ1) is 17.8. The fraction of sp³-hybridized carbons (Fsp3) is 0.100. The molecule has 1 aliphatic heterocycles. The molecule has 1 unspecified atom stereocenters. The van der Waals surface area contributed by atoms with Crippen LogP contribution in [0.1, 0.15) is 5.56 Å². The molecule has 0 bridgehead atoms. The Morgan fingerprint density at radius 3 is 2.71 bits per heavy atom. The second kappa shape index (κ2) is 7.18. The number of amides is 1. The molecule has 0 radical (unpaired) electrons. The number of ether oxygens (including phenoxy) is 1. The van der Waals surface area contributed by atoms with E-state index in [0.29, 0.717) is 27.7 Å². The lowest BCUT2D eigenvalue weighted by molar-refractivity contribution is -0.120. The summed E-state index contributed by atoms with van der Waals surface area (Å²) in [5.41, 5.74) is 5.45. The Bertz CT molecular complexity index is 1130. The quantitative estimate of drug-likeness (QED) is 0.739. The second-order valence-electron chi connectivity index (χ2n) is 6.08. The van der Waals surface area contributed by atoms with Gasteiger partial charge in [0, 0.05) is 22.3 Å². The number of hydrazone groups is 1. The van der Waals surface area contributed by atoms with Crippen molar-refractivity contribution in [3.05, 3.63) is 65.3 Å². The van der Waals surface area contributed by atoms with Crippen molar-refractivity contribution < 1.29 is 9.53 Å². The van der Waals surface area contributed by atoms with Gasteiger partial charge in [-0.25, -0.2) is 10.1 Å². The summed E-state index contributed by atoms with van der Waals surface area (Å²) in [4.78, 5) is 11.9. The number of aromatic nitrogens is 2. The molecule has 0 aliphatic carbocycles. The highest BCUT2D eigenvalue weighted by Crippen LogP contribution is 2.29. The van der Waals surface area contributed by atoms with Gasteiger partial charge in [-0.3, -0.25) is 4.79 Å². The second-order valence-corrected chi connectivity index (χ2v) is 6.52. The van der Waals surface area contributed by atoms with E-state index in [1.54, 1.807) is 30.1 Å². The summed E-state index contributed by atoms with van der Waals surface area (Å²) < 4.78 is 6.86. The van der Waals surface area contributed by atoms with E-state index in [2.05, 4.69) is 15.6 Å². The minimum absolute atomic E-state index is 0.339. The number of hydrogen-bond donors (Lipinski definition) is 1. The van der Waals surface area contributed by atoms with Crippen molar-refractivity contribution in [1.29, 1.82) is 5.26 Å². The van der Waals surface area contributed by atoms with E-state index in [1.807, 2.05) is 42.5 Å². The molecule has 7 nitrogen and oxygen atoms in total. The molecule has 2 aromatic carbocycles. The third-order valence-electron chi connectivity index (χ3n) is 4.38. The van der Waals surface area contributed by atoms with Gasteiger partial charge < -0.3 is 4.74 Å². The predicted molar refractivity (Wildman–Crippen MR) is 104 cm³/mol. The molecular weight excluding hydrogens is 378 g/mol. The lowest BCUT2D eigenvalue weighted by atomic mass is 9.96. The summed E-state index contributed by atoms with van der Waals surface area (Å²) in [6.07, 6.45) is 1.74. The predicted octanol–water partition coefficient (Wildman–Crippen LogP) is 3.17. The van der Waals surface area contributed by atoms with Crippen LogP contribution in [0.3, 0.4) is 0 Å². The Hall–Kier alpha value is -3.63. The van der Waals surface area contributed by atoms with Gasteiger partial charge in [0.15, 0.2) is 5.92 Å². The standard InChI is InChI=1S/C20H14ClN5O2/c1-28-15-7-5-12(6-8-15)18-17(19-16(10-22)20(27)24-23-19)11-26(25-18)14-4-2-3-13(21)9-14/h2-9,11,16H,1H3,(H,24,27). The maximum atomic E-state index is 11.9. The first-order valence-corrected chi connectivity index (χ1v) is 8.76. The van der Waals surface area contributed by atoms with Gasteiger partial charge in [0.25, 0.3) is 5.91 Å². The molecule has 1 atom stereocenters. The zero-order chi connectivity index (χ0) is 19.7. The number of carbonyl (C=O) groups is 1. The van der Waals surface area contributed by atoms with Crippen LogP contribution in [-0.4, -0.2) is 28.5 Å². The van der Waals surface area contributed by atoms with E-state index < -0.39 is 11.8 Å². The Labute approximate surface area is 165 Å². The molecule has 3 aromatic rings. The third-order valence-corrected chi connectivity index (χ3v) is 4.61. The molecule has 0 saturated heterocycles. The Morgan fingerprint density at radius 2 is 2.04 bits per heavy atom. The summed E-state index contributed by atoms with van der Waals surface area (Å²) in [5.74, 6) is -0.729. The molecule has 1 N–H and O–H groups in total. The van der Waals surface area contributed by atoms with Crippen LogP contribution in [0, 0.1) is 17.2 Å². The van der Waals surface area contributed by atoms with E-state index in [4.69, 9.17) is 16.3 Å². The molecule has 4 rings (SSSR count). The molecular formula is C20H14ClN5O2. The average molecular weight is 392 g/mol. The first-order valence-electron chi connectivity index (χ1n) is 8.38. The van der Waals surface area contributed by atoms with Crippen molar-refractivity contribution in [1.82, 2.24) is 15.2 Å². The monoisotopic (exact) mass is 391 g/mol. The smallest absolute Gasteiger partial charge is 0.263 e. The summed E-state index contributed by atoms with van der Waals surface area (Å²) in [7, 11) is 1.59. The van der Waals surface area contributed by atoms with Crippen LogP contribution in [0.4, 0.5) is 0 Å². The highest BCUT2D eigenvalue weighted by Gasteiger charge is 2.34. The molecule has 0 saturated carbocycles. The number of nitrogens with zero attached hydrogens (tertiary/aromatic N) is 4. The summed E-state index contributed by atoms with van der Waals surface area (Å²) in [6, 6.07) is 16.6. The van der Waals surface area contributed by atoms with Gasteiger partial charge in [0.2, 0.25) is 0 Å². The topological polar surface area (TPSA) is 92.3 Å². The van der Waals surface area contributed by atoms with Crippen molar-refractivity contribution in [3.63, 3.8) is 0 Å². The summed E-state index contributed by atoms with van der Waals surface area (Å²) in [5, 5.41) is 18.7. The molecule has 0 fully saturated rings. The number of hydrogen-bond acceptors (Lipinski definition) is 5. The van der Waals surface area contributed by atoms with Crippen LogP contribution in [0.5, 0.6) is 5.75 Å². The number of nitrogens with one attached hydrogen (secondary N) is 1. The van der Waals surface area contributed by atoms with Gasteiger partial charge in [-0.2, -0.15) is 15.5 Å². The van der Waals surface area contributed by atoms with Gasteiger partial charge in [-0.05, 0) is 42.5 Å². The highest BCUT2D eigenvalue weighted by molar-refractivity contribution is 6.30. The van der Waals surface area contributed by atoms with Gasteiger partial charge in [-0.1, -0.05) is 17.7 Å². The summed E-state index contributed by atoms with van der Waals surface area (Å²) in [6.45, 7) is 0. The average Bonchev–Trinajstić information content (AvgIpc) is 3.31. The minimum atomic E-state index is -0.992. The van der Waals surface area contributed by atoms with E-state index in [-0.39, 0.29) is 0 Å². The molecule has 1 aromatic heterocycles. The highest BCUT2D eigenvalue weighted by atomic mass is 35.5. The van der Waals surface area contributed by atoms with Gasteiger partial charge in [-0.15, -0.1) is 0 Å². The van der Waals surface area contributed by atoms with Crippen LogP contribution >= 0.6 is 11.6 Å². The van der Waals surface area contributed by atoms with Gasteiger partial charge in [0.1, 0.15) is 11.4 Å². The third kappa shape index (κ3) is 3.10. The summed E-state index contributed by atoms with van der Waals surface area (Å²) >= 11 is 6.11. The Kier molecular flexibility index (Phi) is 4.55. The van der Waals surface area contributed by atoms with Gasteiger partial charge in [0.05, 0.1) is 24.6 Å². The molecule has 28 heavy (non-hydrogen) atoms. The van der Waals surface area contributed by atoms with E-state index in [1.165, 1.54) is 0 Å². The van der Waals surface area contributed by atoms with Crippen molar-refractivity contribution in [3.8, 4) is 28.8 Å². The zero-order valence-corrected chi connectivity index (χ0v) is 15.5. The molecule has 138 valence electrons. The number of nitriles is 1. The van der Waals surface area contributed by atoms with Crippen LogP contribution in [0.15, 0.2) is 59.8 Å². The maximum absolute atomic E-state index is 11.9. The maximum Gasteiger partial charge on any atom is 0.263 e. The van der Waals surface area contributed by atoms with E-state index in [9.17, 15) is 10.1 Å². The lowest BCUT2D eigenvalue weighted by Gasteiger charge is -2.05. The van der Waals surface area contributed by atoms with Crippen LogP contribution in [-0.2, 0) is 4.79 Å². The van der Waals surface area contributed by atoms with E-state index >= 15 is 0 Å². The number of carbonyl (C=O) groups excluding carboxylic acids is 1. The molecule has 1 amide bonds. The molecule has 2 heterocycles. The number of benzene rings is 2. The number of halogens is 1. The normalized spacial score (nSPS) is 15.7. The van der Waals surface area contributed by atoms with Crippen molar-refractivity contribution in [2.75, 3.05) is 7.11 Å².